The molecule has 0 radical (unpaired) electrons. The van der Waals surface area contributed by atoms with E-state index in [-0.39, 0.29) is 11.9 Å². The molecule has 0 N–H and O–H groups in total. The summed E-state index contributed by atoms with van der Waals surface area (Å²) in [6.07, 6.45) is 8.83. The highest BCUT2D eigenvalue weighted by Gasteiger charge is 2.18. The van der Waals surface area contributed by atoms with Crippen LogP contribution in [0.5, 0.6) is 0 Å². The topological polar surface area (TPSA) is 35.5 Å². The van der Waals surface area contributed by atoms with Crippen molar-refractivity contribution in [3.05, 3.63) is 0 Å². The van der Waals surface area contributed by atoms with Crippen LogP contribution >= 0.6 is 0 Å². The minimum absolute atomic E-state index is 0.00158. The van der Waals surface area contributed by atoms with Crippen LogP contribution in [0.2, 0.25) is 0 Å². The van der Waals surface area contributed by atoms with E-state index in [1.165, 1.54) is 12.8 Å². The predicted molar refractivity (Wildman–Crippen MR) is 72.5 cm³/mol. The second-order valence-electron chi connectivity index (χ2n) is 5.19. The summed E-state index contributed by atoms with van der Waals surface area (Å²) in [5.41, 5.74) is 0. The van der Waals surface area contributed by atoms with Crippen molar-refractivity contribution in [1.82, 2.24) is 0 Å². The van der Waals surface area contributed by atoms with Gasteiger partial charge in [-0.05, 0) is 38.5 Å². The molecule has 0 aromatic heterocycles. The lowest BCUT2D eigenvalue weighted by atomic mass is 10.00. The van der Waals surface area contributed by atoms with Gasteiger partial charge in [-0.15, -0.1) is 0 Å². The third-order valence-electron chi connectivity index (χ3n) is 3.67. The van der Waals surface area contributed by atoms with Crippen LogP contribution < -0.4 is 0 Å². The summed E-state index contributed by atoms with van der Waals surface area (Å²) in [7, 11) is 0. The number of ether oxygens (including phenoxy) is 2. The van der Waals surface area contributed by atoms with Gasteiger partial charge < -0.3 is 9.47 Å². The van der Waals surface area contributed by atoms with E-state index in [9.17, 15) is 4.79 Å². The first-order valence-corrected chi connectivity index (χ1v) is 7.56. The summed E-state index contributed by atoms with van der Waals surface area (Å²) in [4.78, 5) is 11.8. The van der Waals surface area contributed by atoms with Crippen molar-refractivity contribution >= 4 is 5.97 Å². The van der Waals surface area contributed by atoms with Gasteiger partial charge in [0.1, 0.15) is 0 Å². The molecule has 0 bridgehead atoms. The minimum atomic E-state index is -0.00158. The second kappa shape index (κ2) is 9.37. The van der Waals surface area contributed by atoms with E-state index in [1.54, 1.807) is 0 Å². The van der Waals surface area contributed by atoms with Crippen LogP contribution in [0.1, 0.15) is 65.2 Å². The molecular weight excluding hydrogens is 228 g/mol. The number of hydrogen-bond donors (Lipinski definition) is 0. The first-order valence-electron chi connectivity index (χ1n) is 7.56. The van der Waals surface area contributed by atoms with Crippen LogP contribution in [0.15, 0.2) is 0 Å². The highest BCUT2D eigenvalue weighted by atomic mass is 16.5. The third-order valence-corrected chi connectivity index (χ3v) is 3.67. The van der Waals surface area contributed by atoms with E-state index in [2.05, 4.69) is 13.8 Å². The molecule has 0 aromatic rings. The van der Waals surface area contributed by atoms with Gasteiger partial charge in [-0.3, -0.25) is 4.79 Å². The Labute approximate surface area is 111 Å². The molecule has 1 heterocycles. The molecule has 1 aliphatic rings. The van der Waals surface area contributed by atoms with Crippen LogP contribution in [-0.4, -0.2) is 25.3 Å². The van der Waals surface area contributed by atoms with E-state index < -0.39 is 0 Å². The number of unbranched alkanes of at least 4 members (excludes halogenated alkanes) is 1. The quantitative estimate of drug-likeness (QED) is 0.466. The van der Waals surface area contributed by atoms with Gasteiger partial charge in [0.25, 0.3) is 0 Å². The molecule has 1 aliphatic heterocycles. The lowest BCUT2D eigenvalue weighted by Gasteiger charge is -2.14. The molecule has 0 spiro atoms. The average Bonchev–Trinajstić information content (AvgIpc) is 2.88. The van der Waals surface area contributed by atoms with Crippen molar-refractivity contribution in [2.24, 2.45) is 5.92 Å². The van der Waals surface area contributed by atoms with Gasteiger partial charge in [0, 0.05) is 6.61 Å². The fourth-order valence-electron chi connectivity index (χ4n) is 2.41. The molecule has 0 unspecified atom stereocenters. The average molecular weight is 256 g/mol. The van der Waals surface area contributed by atoms with Crippen molar-refractivity contribution in [2.45, 2.75) is 71.3 Å². The monoisotopic (exact) mass is 256 g/mol. The molecule has 2 atom stereocenters. The summed E-state index contributed by atoms with van der Waals surface area (Å²) >= 11 is 0. The zero-order valence-electron chi connectivity index (χ0n) is 12.0. The van der Waals surface area contributed by atoms with Gasteiger partial charge >= 0.3 is 5.97 Å². The number of rotatable bonds is 9. The smallest absolute Gasteiger partial charge is 0.308 e. The fraction of sp³-hybridized carbons (Fsp3) is 0.933. The highest BCUT2D eigenvalue weighted by Crippen LogP contribution is 2.18. The van der Waals surface area contributed by atoms with E-state index in [4.69, 9.17) is 9.47 Å². The summed E-state index contributed by atoms with van der Waals surface area (Å²) in [6.45, 7) is 5.67. The summed E-state index contributed by atoms with van der Waals surface area (Å²) in [6, 6.07) is 0. The molecule has 1 saturated heterocycles. The SMILES string of the molecule is CCCC[C@@H](CC)C(=O)OCCC[C@H]1CCCO1. The van der Waals surface area contributed by atoms with E-state index in [0.717, 1.165) is 45.1 Å². The molecule has 0 saturated carbocycles. The van der Waals surface area contributed by atoms with Crippen LogP contribution in [0.4, 0.5) is 0 Å². The van der Waals surface area contributed by atoms with Gasteiger partial charge in [-0.2, -0.15) is 0 Å². The molecule has 0 aromatic carbocycles. The maximum absolute atomic E-state index is 11.8. The third kappa shape index (κ3) is 5.85. The Bertz CT molecular complexity index is 222. The van der Waals surface area contributed by atoms with Crippen molar-refractivity contribution in [2.75, 3.05) is 13.2 Å². The van der Waals surface area contributed by atoms with Crippen molar-refractivity contribution in [1.29, 1.82) is 0 Å². The molecule has 1 rings (SSSR count). The van der Waals surface area contributed by atoms with Gasteiger partial charge in [-0.25, -0.2) is 0 Å². The molecule has 18 heavy (non-hydrogen) atoms. The van der Waals surface area contributed by atoms with E-state index >= 15 is 0 Å². The zero-order chi connectivity index (χ0) is 13.2. The van der Waals surface area contributed by atoms with Gasteiger partial charge in [0.2, 0.25) is 0 Å². The first kappa shape index (κ1) is 15.5. The largest absolute Gasteiger partial charge is 0.465 e. The molecular formula is C15H28O3. The predicted octanol–water partition coefficient (Wildman–Crippen LogP) is 3.71. The van der Waals surface area contributed by atoms with Gasteiger partial charge in [0.15, 0.2) is 0 Å². The lowest BCUT2D eigenvalue weighted by Crippen LogP contribution is -2.18. The Hall–Kier alpha value is -0.570. The van der Waals surface area contributed by atoms with Crippen molar-refractivity contribution in [3.8, 4) is 0 Å². The Morgan fingerprint density at radius 3 is 2.83 bits per heavy atom. The normalized spacial score (nSPS) is 20.9. The van der Waals surface area contributed by atoms with Crippen LogP contribution in [0, 0.1) is 5.92 Å². The Balaban J connectivity index is 2.06. The molecule has 106 valence electrons. The maximum atomic E-state index is 11.8. The summed E-state index contributed by atoms with van der Waals surface area (Å²) in [5.74, 6) is 0.103. The zero-order valence-corrected chi connectivity index (χ0v) is 12.0. The number of esters is 1. The molecule has 3 nitrogen and oxygen atoms in total. The maximum Gasteiger partial charge on any atom is 0.308 e. The number of carbonyl (C=O) groups is 1. The Kier molecular flexibility index (Phi) is 8.06. The summed E-state index contributed by atoms with van der Waals surface area (Å²) in [5, 5.41) is 0. The van der Waals surface area contributed by atoms with E-state index in [0.29, 0.717) is 12.7 Å². The fourth-order valence-corrected chi connectivity index (χ4v) is 2.41. The minimum Gasteiger partial charge on any atom is -0.465 e. The molecule has 1 fully saturated rings. The summed E-state index contributed by atoms with van der Waals surface area (Å²) < 4.78 is 10.9. The Morgan fingerprint density at radius 2 is 2.22 bits per heavy atom. The molecule has 0 amide bonds. The van der Waals surface area contributed by atoms with Crippen LogP contribution in [-0.2, 0) is 14.3 Å². The standard InChI is InChI=1S/C15H28O3/c1-3-5-8-13(4-2)15(16)18-12-7-10-14-9-6-11-17-14/h13-14H,3-12H2,1-2H3/t13-,14-/m1/s1. The Morgan fingerprint density at radius 1 is 1.39 bits per heavy atom. The lowest BCUT2D eigenvalue weighted by molar-refractivity contribution is -0.149. The number of hydrogen-bond acceptors (Lipinski definition) is 3. The first-order chi connectivity index (χ1) is 8.77. The van der Waals surface area contributed by atoms with Crippen LogP contribution in [0.25, 0.3) is 0 Å². The molecule has 3 heteroatoms. The van der Waals surface area contributed by atoms with Gasteiger partial charge in [-0.1, -0.05) is 26.7 Å². The molecule has 0 aliphatic carbocycles. The van der Waals surface area contributed by atoms with Gasteiger partial charge in [0.05, 0.1) is 18.6 Å². The second-order valence-corrected chi connectivity index (χ2v) is 5.19. The van der Waals surface area contributed by atoms with E-state index in [1.807, 2.05) is 0 Å². The van der Waals surface area contributed by atoms with Crippen LogP contribution in [0.3, 0.4) is 0 Å². The highest BCUT2D eigenvalue weighted by molar-refractivity contribution is 5.72. The number of carbonyl (C=O) groups excluding carboxylic acids is 1. The van der Waals surface area contributed by atoms with Crippen molar-refractivity contribution in [3.63, 3.8) is 0 Å². The van der Waals surface area contributed by atoms with Crippen molar-refractivity contribution < 1.29 is 14.3 Å².